The van der Waals surface area contributed by atoms with Crippen molar-refractivity contribution in [3.63, 3.8) is 0 Å². The number of nitrogens with zero attached hydrogens (tertiary/aromatic N) is 5. The number of aromatic amines is 1. The summed E-state index contributed by atoms with van der Waals surface area (Å²) in [5.74, 6) is 0.758. The first-order valence-electron chi connectivity index (χ1n) is 21.7. The Hall–Kier alpha value is -5.29. The summed E-state index contributed by atoms with van der Waals surface area (Å²) in [5.41, 5.74) is 5.78. The van der Waals surface area contributed by atoms with Crippen molar-refractivity contribution in [3.05, 3.63) is 123 Å². The van der Waals surface area contributed by atoms with Crippen LogP contribution in [0.25, 0.3) is 16.6 Å². The number of pyridine rings is 1. The monoisotopic (exact) mass is 927 g/mol. The summed E-state index contributed by atoms with van der Waals surface area (Å²) in [5, 5.41) is 13.7. The van der Waals surface area contributed by atoms with Crippen LogP contribution >= 0.6 is 11.6 Å². The molecule has 0 radical (unpaired) electrons. The maximum Gasteiger partial charge on any atom is 0.273 e. The van der Waals surface area contributed by atoms with Crippen LogP contribution in [0.5, 0.6) is 11.5 Å². The third-order valence-electron chi connectivity index (χ3n) is 13.0. The number of amides is 1. The molecule has 64 heavy (non-hydrogen) atoms. The van der Waals surface area contributed by atoms with Crippen molar-refractivity contribution >= 4 is 65.2 Å². The van der Waals surface area contributed by atoms with E-state index in [0.717, 1.165) is 74.1 Å². The molecule has 2 aliphatic heterocycles. The fraction of sp³-hybridized carbons (Fsp3) is 0.404. The van der Waals surface area contributed by atoms with Gasteiger partial charge in [-0.25, -0.2) is 26.7 Å². The van der Waals surface area contributed by atoms with Crippen molar-refractivity contribution in [1.82, 2.24) is 19.6 Å². The van der Waals surface area contributed by atoms with Crippen molar-refractivity contribution in [2.45, 2.75) is 63.7 Å². The van der Waals surface area contributed by atoms with Gasteiger partial charge < -0.3 is 14.6 Å². The first-order valence-corrected chi connectivity index (χ1v) is 25.4. The first kappa shape index (κ1) is 45.3. The molecule has 3 aliphatic rings. The SMILES string of the molecule is CN=S1(=O)CCC(CCc2ccc(S(=O)(=O)NC(=O)c3ccc(N4CCN(CC5=C(c6ccc(Cl)cc6)CC(C)(C)CC5)CC4)cc3Oc3cnc4[nH]ccc4c3)cc2[N+](=O)[O-])CC1. The van der Waals surface area contributed by atoms with Gasteiger partial charge in [-0.1, -0.05) is 49.2 Å². The van der Waals surface area contributed by atoms with Crippen LogP contribution < -0.4 is 14.4 Å². The highest BCUT2D eigenvalue weighted by atomic mass is 35.5. The fourth-order valence-electron chi connectivity index (χ4n) is 9.09. The number of nitro groups is 1. The molecular weight excluding hydrogens is 874 g/mol. The highest BCUT2D eigenvalue weighted by Crippen LogP contribution is 2.43. The zero-order chi connectivity index (χ0) is 45.2. The van der Waals surface area contributed by atoms with Crippen molar-refractivity contribution in [1.29, 1.82) is 0 Å². The summed E-state index contributed by atoms with van der Waals surface area (Å²) >= 11 is 6.24. The molecule has 1 aliphatic carbocycles. The van der Waals surface area contributed by atoms with E-state index in [0.29, 0.717) is 54.1 Å². The maximum atomic E-state index is 14.0. The van der Waals surface area contributed by atoms with Gasteiger partial charge in [0.2, 0.25) is 0 Å². The molecule has 0 saturated carbocycles. The highest BCUT2D eigenvalue weighted by molar-refractivity contribution is 7.93. The minimum absolute atomic E-state index is 0.0413. The van der Waals surface area contributed by atoms with Crippen LogP contribution in [0.3, 0.4) is 0 Å². The van der Waals surface area contributed by atoms with Crippen LogP contribution in [0.4, 0.5) is 11.4 Å². The number of piperazine rings is 1. The molecule has 0 unspecified atom stereocenters. The zero-order valence-electron chi connectivity index (χ0n) is 36.3. The lowest BCUT2D eigenvalue weighted by Gasteiger charge is -2.39. The molecule has 8 rings (SSSR count). The number of hydrogen-bond donors (Lipinski definition) is 2. The molecular formula is C47H54ClN7O7S2. The smallest absolute Gasteiger partial charge is 0.273 e. The van der Waals surface area contributed by atoms with Gasteiger partial charge in [-0.15, -0.1) is 0 Å². The van der Waals surface area contributed by atoms with Crippen molar-refractivity contribution in [3.8, 4) is 11.5 Å². The number of nitro benzene ring substituents is 1. The lowest BCUT2D eigenvalue weighted by molar-refractivity contribution is -0.385. The molecule has 2 saturated heterocycles. The quantitative estimate of drug-likeness (QED) is 0.0854. The normalized spacial score (nSPS) is 20.6. The minimum atomic E-state index is -4.57. The Kier molecular flexibility index (Phi) is 13.2. The number of aromatic nitrogens is 2. The van der Waals surface area contributed by atoms with E-state index in [2.05, 4.69) is 54.8 Å². The van der Waals surface area contributed by atoms with E-state index in [4.69, 9.17) is 16.3 Å². The Balaban J connectivity index is 0.991. The number of fused-ring (bicyclic) bond motifs is 1. The number of allylic oxidation sites excluding steroid dienone is 1. The van der Waals surface area contributed by atoms with Gasteiger partial charge in [0.1, 0.15) is 17.1 Å². The molecule has 1 amide bonds. The Labute approximate surface area is 379 Å². The number of rotatable bonds is 13. The number of carbonyl (C=O) groups excluding carboxylic acids is 1. The number of H-pyrrole nitrogens is 1. The van der Waals surface area contributed by atoms with Gasteiger partial charge in [0.05, 0.1) is 21.6 Å². The molecule has 0 spiro atoms. The highest BCUT2D eigenvalue weighted by Gasteiger charge is 2.31. The lowest BCUT2D eigenvalue weighted by atomic mass is 9.72. The Morgan fingerprint density at radius 3 is 2.52 bits per heavy atom. The zero-order valence-corrected chi connectivity index (χ0v) is 38.7. The van der Waals surface area contributed by atoms with Gasteiger partial charge in [-0.05, 0) is 110 Å². The van der Waals surface area contributed by atoms with Gasteiger partial charge >= 0.3 is 0 Å². The second-order valence-corrected chi connectivity index (χ2v) is 22.7. The van der Waals surface area contributed by atoms with Crippen LogP contribution in [0.15, 0.2) is 100 Å². The molecule has 2 fully saturated rings. The molecule has 3 aromatic carbocycles. The molecule has 0 atom stereocenters. The Morgan fingerprint density at radius 2 is 1.80 bits per heavy atom. The molecule has 338 valence electrons. The van der Waals surface area contributed by atoms with E-state index in [1.54, 1.807) is 37.5 Å². The third-order valence-corrected chi connectivity index (χ3v) is 17.0. The molecule has 2 aromatic heterocycles. The van der Waals surface area contributed by atoms with Crippen molar-refractivity contribution < 1.29 is 27.1 Å². The number of ether oxygens (including phenoxy) is 1. The summed E-state index contributed by atoms with van der Waals surface area (Å²) in [6.45, 7) is 8.61. The van der Waals surface area contributed by atoms with E-state index in [9.17, 15) is 27.5 Å². The summed E-state index contributed by atoms with van der Waals surface area (Å²) in [6, 6.07) is 20.6. The standard InChI is InChI=1S/C47H54ClN7O7S2/c1-47(2)18-14-36(42(29-47)33-6-9-37(48)10-7-33)31-53-20-22-54(23-21-53)38-11-13-41(44(27-38)62-39-26-35-15-19-50-45(35)51-30-39)46(56)52-64(60,61)40-12-8-34(43(28-40)55(57)58)5-4-32-16-24-63(59,49-3)25-17-32/h6-13,15,19,26-28,30,32H,4-5,14,16-18,20-25,29,31H2,1-3H3,(H,50,51)(H,52,56). The topological polar surface area (TPSA) is 180 Å². The number of carbonyl (C=O) groups is 1. The second-order valence-electron chi connectivity index (χ2n) is 17.9. The van der Waals surface area contributed by atoms with Crippen molar-refractivity contribution in [2.75, 3.05) is 56.2 Å². The number of aryl methyl sites for hydroxylation is 1. The van der Waals surface area contributed by atoms with E-state index in [1.807, 2.05) is 18.2 Å². The number of halogens is 1. The van der Waals surface area contributed by atoms with E-state index < -0.39 is 35.5 Å². The summed E-state index contributed by atoms with van der Waals surface area (Å²) in [7, 11) is -5.16. The van der Waals surface area contributed by atoms with Crippen LogP contribution in [0.2, 0.25) is 5.02 Å². The van der Waals surface area contributed by atoms with Gasteiger partial charge in [0, 0.05) is 101 Å². The van der Waals surface area contributed by atoms with Crippen LogP contribution in [-0.2, 0) is 26.2 Å². The molecule has 14 nitrogen and oxygen atoms in total. The molecule has 0 bridgehead atoms. The van der Waals surface area contributed by atoms with Crippen LogP contribution in [-0.4, -0.2) is 89.6 Å². The third kappa shape index (κ3) is 10.5. The van der Waals surface area contributed by atoms with Crippen molar-refractivity contribution in [2.24, 2.45) is 15.7 Å². The average molecular weight is 929 g/mol. The summed E-state index contributed by atoms with van der Waals surface area (Å²) in [6.07, 6.45) is 8.88. The average Bonchev–Trinajstić information content (AvgIpc) is 3.75. The van der Waals surface area contributed by atoms with Gasteiger partial charge in [-0.2, -0.15) is 0 Å². The van der Waals surface area contributed by atoms with E-state index in [-0.39, 0.29) is 28.3 Å². The van der Waals surface area contributed by atoms with E-state index >= 15 is 0 Å². The Bertz CT molecular complexity index is 2830. The summed E-state index contributed by atoms with van der Waals surface area (Å²) in [4.78, 5) is 37.3. The number of hydrogen-bond acceptors (Lipinski definition) is 11. The number of sulfonamides is 1. The maximum absolute atomic E-state index is 14.0. The first-order chi connectivity index (χ1) is 30.6. The van der Waals surface area contributed by atoms with Gasteiger partial charge in [0.25, 0.3) is 21.6 Å². The molecule has 17 heteroatoms. The van der Waals surface area contributed by atoms with Crippen LogP contribution in [0.1, 0.15) is 73.9 Å². The molecule has 4 heterocycles. The largest absolute Gasteiger partial charge is 0.455 e. The second kappa shape index (κ2) is 18.7. The van der Waals surface area contributed by atoms with E-state index in [1.165, 1.54) is 35.0 Å². The minimum Gasteiger partial charge on any atom is -0.455 e. The molecule has 5 aromatic rings. The molecule has 2 N–H and O–H groups in total. The predicted molar refractivity (Wildman–Crippen MR) is 252 cm³/mol. The fourth-order valence-corrected chi connectivity index (χ4v) is 12.2. The van der Waals surface area contributed by atoms with Gasteiger partial charge in [-0.3, -0.25) is 19.8 Å². The van der Waals surface area contributed by atoms with Crippen LogP contribution in [0, 0.1) is 21.4 Å². The van der Waals surface area contributed by atoms with Gasteiger partial charge in [0.15, 0.2) is 0 Å². The Morgan fingerprint density at radius 1 is 1.05 bits per heavy atom. The summed E-state index contributed by atoms with van der Waals surface area (Å²) < 4.78 is 52.6. The number of benzene rings is 3. The number of anilines is 1. The predicted octanol–water partition coefficient (Wildman–Crippen LogP) is 9.26. The number of nitrogens with one attached hydrogen (secondary N) is 2. The lowest BCUT2D eigenvalue weighted by Crippen LogP contribution is -2.47.